The third-order valence-corrected chi connectivity index (χ3v) is 5.60. The van der Waals surface area contributed by atoms with Crippen molar-refractivity contribution in [2.75, 3.05) is 11.6 Å². The molecule has 4 N–H and O–H groups in total. The van der Waals surface area contributed by atoms with Crippen molar-refractivity contribution in [2.24, 2.45) is 5.41 Å². The van der Waals surface area contributed by atoms with Gasteiger partial charge in [0.25, 0.3) is 0 Å². The van der Waals surface area contributed by atoms with Crippen LogP contribution in [0.5, 0.6) is 0 Å². The lowest BCUT2D eigenvalue weighted by Gasteiger charge is -2.26. The molecule has 0 spiro atoms. The number of hydrogen-bond donors (Lipinski definition) is 3. The molecule has 118 valence electrons. The SMILES string of the molecule is CC1(C)[C@]2(O)[C@H](n3cnc4c(N)ncnc43)O[C@H](CCl)[C@]12O. The first-order valence-corrected chi connectivity index (χ1v) is 7.43. The van der Waals surface area contributed by atoms with Gasteiger partial charge in [0.05, 0.1) is 12.2 Å². The minimum Gasteiger partial charge on any atom is -0.383 e. The summed E-state index contributed by atoms with van der Waals surface area (Å²) < 4.78 is 7.37. The van der Waals surface area contributed by atoms with E-state index in [0.29, 0.717) is 11.2 Å². The molecule has 0 aromatic carbocycles. The summed E-state index contributed by atoms with van der Waals surface area (Å²) in [5, 5.41) is 21.9. The zero-order valence-electron chi connectivity index (χ0n) is 12.1. The summed E-state index contributed by atoms with van der Waals surface area (Å²) in [6.45, 7) is 3.56. The molecule has 2 aliphatic rings. The van der Waals surface area contributed by atoms with Crippen LogP contribution in [0.3, 0.4) is 0 Å². The van der Waals surface area contributed by atoms with Crippen LogP contribution in [0.4, 0.5) is 5.82 Å². The molecule has 3 heterocycles. The van der Waals surface area contributed by atoms with Gasteiger partial charge in [0.2, 0.25) is 0 Å². The van der Waals surface area contributed by atoms with E-state index in [0.717, 1.165) is 0 Å². The molecule has 0 amide bonds. The maximum Gasteiger partial charge on any atom is 0.169 e. The number of alkyl halides is 1. The number of fused-ring (bicyclic) bond motifs is 2. The van der Waals surface area contributed by atoms with Gasteiger partial charge in [-0.25, -0.2) is 15.0 Å². The Kier molecular flexibility index (Phi) is 2.50. The third kappa shape index (κ3) is 1.21. The Bertz CT molecular complexity index is 780. The molecule has 4 rings (SSSR count). The van der Waals surface area contributed by atoms with E-state index >= 15 is 0 Å². The maximum atomic E-state index is 11.1. The molecule has 22 heavy (non-hydrogen) atoms. The van der Waals surface area contributed by atoms with E-state index in [1.165, 1.54) is 12.7 Å². The minimum atomic E-state index is -1.48. The van der Waals surface area contributed by atoms with E-state index in [1.807, 2.05) is 0 Å². The van der Waals surface area contributed by atoms with E-state index in [1.54, 1.807) is 18.4 Å². The molecule has 0 radical (unpaired) electrons. The first-order chi connectivity index (χ1) is 10.3. The van der Waals surface area contributed by atoms with E-state index < -0.39 is 28.9 Å². The molecule has 2 aromatic rings. The van der Waals surface area contributed by atoms with E-state index in [4.69, 9.17) is 22.1 Å². The smallest absolute Gasteiger partial charge is 0.169 e. The van der Waals surface area contributed by atoms with Crippen LogP contribution in [-0.2, 0) is 4.74 Å². The molecule has 4 atom stereocenters. The highest BCUT2D eigenvalue weighted by Crippen LogP contribution is 2.75. The molecule has 1 aliphatic heterocycles. The minimum absolute atomic E-state index is 0.0719. The van der Waals surface area contributed by atoms with Crippen molar-refractivity contribution < 1.29 is 14.9 Å². The Morgan fingerprint density at radius 1 is 1.32 bits per heavy atom. The molecule has 0 bridgehead atoms. The van der Waals surface area contributed by atoms with Crippen molar-refractivity contribution in [3.05, 3.63) is 12.7 Å². The van der Waals surface area contributed by atoms with E-state index in [2.05, 4.69) is 15.0 Å². The fourth-order valence-corrected chi connectivity index (χ4v) is 4.15. The first kappa shape index (κ1) is 14.1. The van der Waals surface area contributed by atoms with Gasteiger partial charge in [-0.1, -0.05) is 13.8 Å². The van der Waals surface area contributed by atoms with Crippen molar-refractivity contribution in [1.82, 2.24) is 19.5 Å². The van der Waals surface area contributed by atoms with Gasteiger partial charge in [0, 0.05) is 5.41 Å². The molecule has 8 nitrogen and oxygen atoms in total. The fraction of sp³-hybridized carbons (Fsp3) is 0.615. The van der Waals surface area contributed by atoms with Gasteiger partial charge in [-0.2, -0.15) is 0 Å². The summed E-state index contributed by atoms with van der Waals surface area (Å²) in [5.41, 5.74) is 2.98. The number of nitrogen functional groups attached to an aromatic ring is 1. The van der Waals surface area contributed by atoms with Gasteiger partial charge in [-0.3, -0.25) is 4.57 Å². The molecule has 2 aromatic heterocycles. The molecule has 0 unspecified atom stereocenters. The van der Waals surface area contributed by atoms with Crippen LogP contribution >= 0.6 is 11.6 Å². The summed E-state index contributed by atoms with van der Waals surface area (Å²) in [6, 6.07) is 0. The van der Waals surface area contributed by atoms with Crippen molar-refractivity contribution in [1.29, 1.82) is 0 Å². The summed E-state index contributed by atoms with van der Waals surface area (Å²) >= 11 is 5.91. The van der Waals surface area contributed by atoms with Gasteiger partial charge < -0.3 is 20.7 Å². The Morgan fingerprint density at radius 2 is 2.05 bits per heavy atom. The first-order valence-electron chi connectivity index (χ1n) is 6.90. The van der Waals surface area contributed by atoms with Crippen LogP contribution in [0.2, 0.25) is 0 Å². The quantitative estimate of drug-likeness (QED) is 0.667. The molecule has 9 heteroatoms. The second-order valence-corrected chi connectivity index (χ2v) is 6.68. The lowest BCUT2D eigenvalue weighted by Crippen LogP contribution is -2.34. The standard InChI is InChI=1S/C13H16ClN5O3/c1-11(2)12(20)6(3-14)22-10(13(11,12)21)19-5-18-7-8(15)16-4-17-9(7)19/h4-6,10,20-21H,3H2,1-2H3,(H2,15,16,17)/t6-,10-,12+,13-/m1/s1. The van der Waals surface area contributed by atoms with Gasteiger partial charge in [-0.15, -0.1) is 11.6 Å². The number of aliphatic hydroxyl groups is 2. The van der Waals surface area contributed by atoms with Crippen LogP contribution in [0.15, 0.2) is 12.7 Å². The molecule has 2 fully saturated rings. The number of rotatable bonds is 2. The number of ether oxygens (including phenoxy) is 1. The molecular weight excluding hydrogens is 310 g/mol. The summed E-state index contributed by atoms with van der Waals surface area (Å²) in [5.74, 6) is 0.315. The summed E-state index contributed by atoms with van der Waals surface area (Å²) in [7, 11) is 0. The Morgan fingerprint density at radius 3 is 2.68 bits per heavy atom. The second kappa shape index (κ2) is 3.88. The average Bonchev–Trinajstić information content (AvgIpc) is 2.86. The number of nitrogens with two attached hydrogens (primary N) is 1. The van der Waals surface area contributed by atoms with Crippen LogP contribution in [0.25, 0.3) is 11.2 Å². The third-order valence-electron chi connectivity index (χ3n) is 5.32. The van der Waals surface area contributed by atoms with Crippen molar-refractivity contribution in [2.45, 2.75) is 37.4 Å². The van der Waals surface area contributed by atoms with Gasteiger partial charge in [-0.05, 0) is 0 Å². The van der Waals surface area contributed by atoms with Gasteiger partial charge in [0.15, 0.2) is 17.7 Å². The van der Waals surface area contributed by atoms with Crippen LogP contribution < -0.4 is 5.73 Å². The number of nitrogens with zero attached hydrogens (tertiary/aromatic N) is 4. The van der Waals surface area contributed by atoms with Gasteiger partial charge in [0.1, 0.15) is 29.2 Å². The zero-order chi connectivity index (χ0) is 15.9. The summed E-state index contributed by atoms with van der Waals surface area (Å²) in [4.78, 5) is 12.2. The normalized spacial score (nSPS) is 39.1. The number of halogens is 1. The lowest BCUT2D eigenvalue weighted by molar-refractivity contribution is -0.104. The monoisotopic (exact) mass is 325 g/mol. The highest BCUT2D eigenvalue weighted by molar-refractivity contribution is 6.18. The van der Waals surface area contributed by atoms with Crippen molar-refractivity contribution in [3.63, 3.8) is 0 Å². The maximum absolute atomic E-state index is 11.1. The van der Waals surface area contributed by atoms with Crippen molar-refractivity contribution in [3.8, 4) is 0 Å². The lowest BCUT2D eigenvalue weighted by atomic mass is 10.0. The largest absolute Gasteiger partial charge is 0.383 e. The second-order valence-electron chi connectivity index (χ2n) is 6.37. The number of aromatic nitrogens is 4. The Hall–Kier alpha value is -1.48. The molecular formula is C13H16ClN5O3. The van der Waals surface area contributed by atoms with Crippen molar-refractivity contribution >= 4 is 28.6 Å². The molecule has 1 saturated carbocycles. The van der Waals surface area contributed by atoms with Gasteiger partial charge >= 0.3 is 0 Å². The van der Waals surface area contributed by atoms with Crippen LogP contribution in [-0.4, -0.2) is 52.9 Å². The zero-order valence-corrected chi connectivity index (χ0v) is 12.8. The number of imidazole rings is 1. The number of anilines is 1. The van der Waals surface area contributed by atoms with E-state index in [9.17, 15) is 10.2 Å². The predicted octanol–water partition coefficient (Wildman–Crippen LogP) is 0.0467. The summed E-state index contributed by atoms with van der Waals surface area (Å²) in [6.07, 6.45) is 1.26. The van der Waals surface area contributed by atoms with Crippen LogP contribution in [0, 0.1) is 5.41 Å². The molecule has 1 aliphatic carbocycles. The Labute approximate surface area is 130 Å². The predicted molar refractivity (Wildman–Crippen MR) is 78.0 cm³/mol. The average molecular weight is 326 g/mol. The van der Waals surface area contributed by atoms with E-state index in [-0.39, 0.29) is 11.7 Å². The fourth-order valence-electron chi connectivity index (χ4n) is 3.85. The number of hydrogen-bond acceptors (Lipinski definition) is 7. The Balaban J connectivity index is 1.88. The highest BCUT2D eigenvalue weighted by Gasteiger charge is 2.92. The highest BCUT2D eigenvalue weighted by atomic mass is 35.5. The topological polar surface area (TPSA) is 119 Å². The van der Waals surface area contributed by atoms with Crippen LogP contribution in [0.1, 0.15) is 20.1 Å². The molecule has 1 saturated heterocycles.